The molecule has 0 unspecified atom stereocenters. The molecule has 0 aromatic rings. The zero-order valence-corrected chi connectivity index (χ0v) is 16.1. The molecule has 0 N–H and O–H groups in total. The molecule has 1 saturated carbocycles. The van der Waals surface area contributed by atoms with Crippen molar-refractivity contribution in [1.82, 2.24) is 0 Å². The molecule has 4 nitrogen and oxygen atoms in total. The third-order valence-corrected chi connectivity index (χ3v) is 5.10. The highest BCUT2D eigenvalue weighted by molar-refractivity contribution is 6.00. The SMILES string of the molecule is C#CCC(CC(=C=CC1(C)CCCC1)C(C)C)(C(=O)OC)C(=O)OC. The Morgan fingerprint density at radius 3 is 2.12 bits per heavy atom. The van der Waals surface area contributed by atoms with Crippen molar-refractivity contribution < 1.29 is 19.1 Å². The Balaban J connectivity index is 3.33. The molecule has 0 radical (unpaired) electrons. The smallest absolute Gasteiger partial charge is 0.324 e. The fraction of sp³-hybridized carbons (Fsp3) is 0.667. The van der Waals surface area contributed by atoms with E-state index in [1.807, 2.05) is 13.8 Å². The van der Waals surface area contributed by atoms with Gasteiger partial charge in [0.15, 0.2) is 5.41 Å². The second-order valence-electron chi connectivity index (χ2n) is 7.45. The highest BCUT2D eigenvalue weighted by Gasteiger charge is 2.48. The molecule has 1 aliphatic rings. The number of esters is 2. The second kappa shape index (κ2) is 8.92. The number of ether oxygens (including phenoxy) is 2. The van der Waals surface area contributed by atoms with Crippen LogP contribution in [0.1, 0.15) is 59.3 Å². The molecule has 0 spiro atoms. The minimum absolute atomic E-state index is 0.0679. The van der Waals surface area contributed by atoms with Gasteiger partial charge in [-0.05, 0) is 35.8 Å². The van der Waals surface area contributed by atoms with Gasteiger partial charge in [-0.1, -0.05) is 33.6 Å². The van der Waals surface area contributed by atoms with E-state index in [1.165, 1.54) is 27.1 Å². The highest BCUT2D eigenvalue weighted by Crippen LogP contribution is 2.40. The third-order valence-electron chi connectivity index (χ3n) is 5.10. The minimum Gasteiger partial charge on any atom is -0.468 e. The van der Waals surface area contributed by atoms with E-state index < -0.39 is 17.4 Å². The van der Waals surface area contributed by atoms with Gasteiger partial charge in [-0.3, -0.25) is 9.59 Å². The van der Waals surface area contributed by atoms with E-state index in [1.54, 1.807) is 0 Å². The van der Waals surface area contributed by atoms with E-state index in [9.17, 15) is 9.59 Å². The summed E-state index contributed by atoms with van der Waals surface area (Å²) in [5.41, 5.74) is 2.87. The van der Waals surface area contributed by atoms with Crippen molar-refractivity contribution >= 4 is 11.9 Å². The summed E-state index contributed by atoms with van der Waals surface area (Å²) in [6.45, 7) is 6.25. The average molecular weight is 346 g/mol. The summed E-state index contributed by atoms with van der Waals surface area (Å²) in [7, 11) is 2.51. The predicted octanol–water partition coefficient (Wildman–Crippen LogP) is 4.05. The van der Waals surface area contributed by atoms with Gasteiger partial charge in [0.1, 0.15) is 0 Å². The molecule has 0 aromatic heterocycles. The van der Waals surface area contributed by atoms with Gasteiger partial charge in [0.25, 0.3) is 0 Å². The molecule has 4 heteroatoms. The number of rotatable bonds is 7. The summed E-state index contributed by atoms with van der Waals surface area (Å²) >= 11 is 0. The molecule has 0 aromatic carbocycles. The summed E-state index contributed by atoms with van der Waals surface area (Å²) in [6.07, 6.45) is 12.3. The third kappa shape index (κ3) is 5.00. The molecule has 0 bridgehead atoms. The number of hydrogen-bond donors (Lipinski definition) is 0. The molecule has 0 atom stereocenters. The van der Waals surface area contributed by atoms with Crippen LogP contribution in [-0.2, 0) is 19.1 Å². The van der Waals surface area contributed by atoms with Crippen molar-refractivity contribution in [3.8, 4) is 12.3 Å². The zero-order valence-electron chi connectivity index (χ0n) is 16.1. The summed E-state index contributed by atoms with van der Waals surface area (Å²) in [4.78, 5) is 24.9. The van der Waals surface area contributed by atoms with Crippen molar-refractivity contribution in [3.05, 3.63) is 17.4 Å². The van der Waals surface area contributed by atoms with Gasteiger partial charge in [-0.2, -0.15) is 0 Å². The zero-order chi connectivity index (χ0) is 19.1. The van der Waals surface area contributed by atoms with Crippen LogP contribution < -0.4 is 0 Å². The van der Waals surface area contributed by atoms with E-state index in [-0.39, 0.29) is 24.2 Å². The molecular formula is C21H30O4. The molecule has 0 aliphatic heterocycles. The fourth-order valence-electron chi connectivity index (χ4n) is 3.34. The first-order valence-electron chi connectivity index (χ1n) is 8.81. The van der Waals surface area contributed by atoms with Gasteiger partial charge >= 0.3 is 11.9 Å². The van der Waals surface area contributed by atoms with Gasteiger partial charge in [-0.15, -0.1) is 18.1 Å². The Bertz CT molecular complexity index is 578. The molecule has 138 valence electrons. The first-order valence-corrected chi connectivity index (χ1v) is 8.81. The van der Waals surface area contributed by atoms with Gasteiger partial charge in [0.05, 0.1) is 14.2 Å². The molecule has 1 rings (SSSR count). The van der Waals surface area contributed by atoms with Crippen molar-refractivity contribution in [1.29, 1.82) is 0 Å². The number of allylic oxidation sites excluding steroid dienone is 1. The molecule has 0 amide bonds. The lowest BCUT2D eigenvalue weighted by Gasteiger charge is -2.28. The van der Waals surface area contributed by atoms with E-state index in [4.69, 9.17) is 15.9 Å². The van der Waals surface area contributed by atoms with Gasteiger partial charge in [0.2, 0.25) is 0 Å². The fourth-order valence-corrected chi connectivity index (χ4v) is 3.34. The Hall–Kier alpha value is -1.98. The first-order chi connectivity index (χ1) is 11.7. The maximum atomic E-state index is 12.4. The Labute approximate surface area is 151 Å². The quantitative estimate of drug-likeness (QED) is 0.302. The summed E-state index contributed by atoms with van der Waals surface area (Å²) in [5.74, 6) is 1.23. The van der Waals surface area contributed by atoms with Crippen LogP contribution in [0.15, 0.2) is 17.4 Å². The standard InChI is InChI=1S/C21H30O4/c1-7-11-21(18(22)24-5,19(23)25-6)15-17(16(2)3)10-14-20(4)12-8-9-13-20/h1,14,16H,8-9,11-13,15H2,2-6H3. The van der Waals surface area contributed by atoms with E-state index in [2.05, 4.69) is 24.7 Å². The maximum Gasteiger partial charge on any atom is 0.324 e. The van der Waals surface area contributed by atoms with Crippen LogP contribution in [-0.4, -0.2) is 26.2 Å². The van der Waals surface area contributed by atoms with Gasteiger partial charge < -0.3 is 9.47 Å². The first kappa shape index (κ1) is 21.1. The largest absolute Gasteiger partial charge is 0.468 e. The van der Waals surface area contributed by atoms with Crippen LogP contribution in [0, 0.1) is 29.1 Å². The van der Waals surface area contributed by atoms with Crippen LogP contribution in [0.2, 0.25) is 0 Å². The van der Waals surface area contributed by atoms with Crippen LogP contribution in [0.5, 0.6) is 0 Å². The predicted molar refractivity (Wildman–Crippen MR) is 97.5 cm³/mol. The Morgan fingerprint density at radius 2 is 1.72 bits per heavy atom. The van der Waals surface area contributed by atoms with Crippen LogP contribution in [0.25, 0.3) is 0 Å². The van der Waals surface area contributed by atoms with E-state index in [0.29, 0.717) is 0 Å². The number of terminal acetylenes is 1. The molecule has 0 heterocycles. The topological polar surface area (TPSA) is 52.6 Å². The number of hydrogen-bond acceptors (Lipinski definition) is 4. The Morgan fingerprint density at radius 1 is 1.20 bits per heavy atom. The summed E-state index contributed by atoms with van der Waals surface area (Å²) in [5, 5.41) is 0. The van der Waals surface area contributed by atoms with Gasteiger partial charge in [0, 0.05) is 12.8 Å². The Kier molecular flexibility index (Phi) is 7.52. The van der Waals surface area contributed by atoms with Crippen molar-refractivity contribution in [2.24, 2.45) is 16.7 Å². The van der Waals surface area contributed by atoms with Crippen molar-refractivity contribution in [2.45, 2.75) is 59.3 Å². The molecular weight excluding hydrogens is 316 g/mol. The van der Waals surface area contributed by atoms with Crippen molar-refractivity contribution in [3.63, 3.8) is 0 Å². The maximum absolute atomic E-state index is 12.4. The van der Waals surface area contributed by atoms with Crippen molar-refractivity contribution in [2.75, 3.05) is 14.2 Å². The molecule has 1 aliphatic carbocycles. The lowest BCUT2D eigenvalue weighted by atomic mass is 9.76. The van der Waals surface area contributed by atoms with E-state index in [0.717, 1.165) is 18.4 Å². The lowest BCUT2D eigenvalue weighted by Crippen LogP contribution is -2.41. The number of carbonyl (C=O) groups is 2. The number of carbonyl (C=O) groups excluding carboxylic acids is 2. The minimum atomic E-state index is -1.52. The second-order valence-corrected chi connectivity index (χ2v) is 7.45. The molecule has 0 saturated heterocycles. The molecule has 25 heavy (non-hydrogen) atoms. The van der Waals surface area contributed by atoms with E-state index >= 15 is 0 Å². The normalized spacial score (nSPS) is 15.9. The average Bonchev–Trinajstić information content (AvgIpc) is 3.02. The van der Waals surface area contributed by atoms with Gasteiger partial charge in [-0.25, -0.2) is 0 Å². The van der Waals surface area contributed by atoms with Crippen LogP contribution in [0.3, 0.4) is 0 Å². The summed E-state index contributed by atoms with van der Waals surface area (Å²) in [6, 6.07) is 0. The highest BCUT2D eigenvalue weighted by atomic mass is 16.5. The number of methoxy groups -OCH3 is 2. The van der Waals surface area contributed by atoms with Crippen LogP contribution in [0.4, 0.5) is 0 Å². The lowest BCUT2D eigenvalue weighted by molar-refractivity contribution is -0.168. The molecule has 1 fully saturated rings. The summed E-state index contributed by atoms with van der Waals surface area (Å²) < 4.78 is 9.77. The monoisotopic (exact) mass is 346 g/mol. The van der Waals surface area contributed by atoms with Crippen LogP contribution >= 0.6 is 0 Å².